The minimum Gasteiger partial charge on any atom is -0.359 e. The Kier molecular flexibility index (Phi) is 6.85. The highest BCUT2D eigenvalue weighted by Gasteiger charge is 2.20. The van der Waals surface area contributed by atoms with Gasteiger partial charge >= 0.3 is 0 Å². The summed E-state index contributed by atoms with van der Waals surface area (Å²) in [5.74, 6) is 0.552. The van der Waals surface area contributed by atoms with Gasteiger partial charge in [0, 0.05) is 25.2 Å². The normalized spacial score (nSPS) is 12.0. The van der Waals surface area contributed by atoms with E-state index in [4.69, 9.17) is 0 Å². The van der Waals surface area contributed by atoms with E-state index >= 15 is 0 Å². The first-order chi connectivity index (χ1) is 15.6. The fourth-order valence-electron chi connectivity index (χ4n) is 3.41. The SMILES string of the molecule is CNC(=O)CCCCCC(NC(=O)c1cncs1)c1ncc(-c2ccn3ncnc3c2)[nH]1. The highest BCUT2D eigenvalue weighted by molar-refractivity contribution is 7.11. The summed E-state index contributed by atoms with van der Waals surface area (Å²) < 4.78 is 1.69. The lowest BCUT2D eigenvalue weighted by atomic mass is 10.1. The van der Waals surface area contributed by atoms with Crippen molar-refractivity contribution < 1.29 is 9.59 Å². The molecule has 2 amide bonds. The molecule has 0 saturated heterocycles. The van der Waals surface area contributed by atoms with Crippen LogP contribution < -0.4 is 10.6 Å². The molecule has 0 aliphatic heterocycles. The van der Waals surface area contributed by atoms with E-state index in [-0.39, 0.29) is 17.9 Å². The number of thiazole rings is 1. The number of aromatic nitrogens is 6. The van der Waals surface area contributed by atoms with E-state index in [9.17, 15) is 9.59 Å². The molecular formula is C21H24N8O2S. The number of rotatable bonds is 10. The number of carbonyl (C=O) groups excluding carboxylic acids is 2. The second kappa shape index (κ2) is 10.1. The summed E-state index contributed by atoms with van der Waals surface area (Å²) in [6.45, 7) is 0. The van der Waals surface area contributed by atoms with Crippen molar-refractivity contribution in [2.24, 2.45) is 0 Å². The van der Waals surface area contributed by atoms with Crippen molar-refractivity contribution in [3.05, 3.63) is 53.3 Å². The van der Waals surface area contributed by atoms with Gasteiger partial charge in [0.15, 0.2) is 5.65 Å². The fraction of sp³-hybridized carbons (Fsp3) is 0.333. The molecule has 4 aromatic heterocycles. The second-order valence-corrected chi connectivity index (χ2v) is 8.21. The Bertz CT molecular complexity index is 1180. The molecule has 32 heavy (non-hydrogen) atoms. The zero-order chi connectivity index (χ0) is 22.3. The molecule has 4 aromatic rings. The number of imidazole rings is 1. The van der Waals surface area contributed by atoms with E-state index in [1.165, 1.54) is 17.7 Å². The van der Waals surface area contributed by atoms with E-state index in [1.807, 2.05) is 18.3 Å². The van der Waals surface area contributed by atoms with Crippen molar-refractivity contribution in [1.82, 2.24) is 40.2 Å². The predicted molar refractivity (Wildman–Crippen MR) is 120 cm³/mol. The third-order valence-corrected chi connectivity index (χ3v) is 5.93. The summed E-state index contributed by atoms with van der Waals surface area (Å²) in [7, 11) is 1.64. The molecule has 0 aromatic carbocycles. The van der Waals surface area contributed by atoms with Crippen molar-refractivity contribution in [2.45, 2.75) is 38.1 Å². The smallest absolute Gasteiger partial charge is 0.263 e. The van der Waals surface area contributed by atoms with Gasteiger partial charge in [-0.2, -0.15) is 5.10 Å². The summed E-state index contributed by atoms with van der Waals surface area (Å²) in [5, 5.41) is 9.82. The molecule has 0 spiro atoms. The van der Waals surface area contributed by atoms with Gasteiger partial charge in [0.25, 0.3) is 5.91 Å². The number of nitrogens with zero attached hydrogens (tertiary/aromatic N) is 5. The van der Waals surface area contributed by atoms with Crippen molar-refractivity contribution >= 4 is 28.8 Å². The minimum atomic E-state index is -0.282. The zero-order valence-electron chi connectivity index (χ0n) is 17.6. The van der Waals surface area contributed by atoms with E-state index < -0.39 is 0 Å². The molecule has 11 heteroatoms. The van der Waals surface area contributed by atoms with Gasteiger partial charge < -0.3 is 15.6 Å². The number of amides is 2. The Morgan fingerprint density at radius 1 is 1.22 bits per heavy atom. The summed E-state index contributed by atoms with van der Waals surface area (Å²) in [6.07, 6.45) is 10.4. The highest BCUT2D eigenvalue weighted by Crippen LogP contribution is 2.24. The standard InChI is InChI=1S/C21H24N8O2S/c1-22-19(30)6-4-2-3-5-15(28-21(31)17-11-23-13-32-17)20-24-10-16(27-20)14-7-8-29-18(9-14)25-12-26-29/h7-13,15H,2-6H2,1H3,(H,22,30)(H,24,27)(H,28,31). The van der Waals surface area contributed by atoms with Gasteiger partial charge in [-0.15, -0.1) is 11.3 Å². The van der Waals surface area contributed by atoms with Gasteiger partial charge in [-0.25, -0.2) is 14.5 Å². The summed E-state index contributed by atoms with van der Waals surface area (Å²) in [6, 6.07) is 3.58. The molecule has 10 nitrogen and oxygen atoms in total. The maximum atomic E-state index is 12.6. The molecule has 0 radical (unpaired) electrons. The van der Waals surface area contributed by atoms with Crippen LogP contribution in [-0.4, -0.2) is 48.4 Å². The van der Waals surface area contributed by atoms with E-state index in [0.29, 0.717) is 23.5 Å². The predicted octanol–water partition coefficient (Wildman–Crippen LogP) is 2.74. The molecule has 3 N–H and O–H groups in total. The first-order valence-corrected chi connectivity index (χ1v) is 11.3. The molecule has 4 heterocycles. The molecule has 0 aliphatic carbocycles. The van der Waals surface area contributed by atoms with Crippen LogP contribution in [0.2, 0.25) is 0 Å². The van der Waals surface area contributed by atoms with Crippen LogP contribution in [0, 0.1) is 0 Å². The molecule has 4 rings (SSSR count). The Morgan fingerprint density at radius 3 is 2.94 bits per heavy atom. The third kappa shape index (κ3) is 5.17. The van der Waals surface area contributed by atoms with Crippen molar-refractivity contribution in [2.75, 3.05) is 7.05 Å². The average molecular weight is 453 g/mol. The van der Waals surface area contributed by atoms with Crippen molar-refractivity contribution in [1.29, 1.82) is 0 Å². The minimum absolute atomic E-state index is 0.0420. The maximum Gasteiger partial charge on any atom is 0.263 e. The monoisotopic (exact) mass is 452 g/mol. The summed E-state index contributed by atoms with van der Waals surface area (Å²) in [4.78, 5) is 40.7. The number of fused-ring (bicyclic) bond motifs is 1. The summed E-state index contributed by atoms with van der Waals surface area (Å²) in [5.41, 5.74) is 4.14. The van der Waals surface area contributed by atoms with Crippen molar-refractivity contribution in [3.8, 4) is 11.3 Å². The molecule has 0 aliphatic rings. The molecule has 0 fully saturated rings. The van der Waals surface area contributed by atoms with Crippen LogP contribution in [0.3, 0.4) is 0 Å². The summed E-state index contributed by atoms with van der Waals surface area (Å²) >= 11 is 1.30. The van der Waals surface area contributed by atoms with Gasteiger partial charge in [-0.05, 0) is 25.0 Å². The molecule has 166 valence electrons. The molecule has 1 atom stereocenters. The second-order valence-electron chi connectivity index (χ2n) is 7.32. The number of hydrogen-bond acceptors (Lipinski definition) is 7. The number of nitrogens with one attached hydrogen (secondary N) is 3. The fourth-order valence-corrected chi connectivity index (χ4v) is 3.94. The first kappa shape index (κ1) is 21.6. The highest BCUT2D eigenvalue weighted by atomic mass is 32.1. The van der Waals surface area contributed by atoms with Crippen LogP contribution in [0.1, 0.15) is 53.6 Å². The number of aromatic amines is 1. The Morgan fingerprint density at radius 2 is 2.12 bits per heavy atom. The van der Waals surface area contributed by atoms with Crippen LogP contribution in [0.15, 0.2) is 42.6 Å². The Labute approximate surface area is 188 Å². The lowest BCUT2D eigenvalue weighted by Crippen LogP contribution is -2.28. The zero-order valence-corrected chi connectivity index (χ0v) is 18.4. The van der Waals surface area contributed by atoms with Crippen LogP contribution in [0.4, 0.5) is 0 Å². The largest absolute Gasteiger partial charge is 0.359 e. The number of unbranched alkanes of at least 4 members (excludes halogenated alkanes) is 2. The number of pyridine rings is 1. The first-order valence-electron chi connectivity index (χ1n) is 10.4. The molecule has 0 saturated carbocycles. The number of carbonyl (C=O) groups is 2. The average Bonchev–Trinajstić information content (AvgIpc) is 3.58. The van der Waals surface area contributed by atoms with Crippen molar-refractivity contribution in [3.63, 3.8) is 0 Å². The number of H-pyrrole nitrogens is 1. The Hall–Kier alpha value is -3.60. The molecule has 0 bridgehead atoms. The molecular weight excluding hydrogens is 428 g/mol. The van der Waals surface area contributed by atoms with Gasteiger partial charge in [0.2, 0.25) is 5.91 Å². The lowest BCUT2D eigenvalue weighted by Gasteiger charge is -2.16. The quantitative estimate of drug-likeness (QED) is 0.317. The topological polar surface area (TPSA) is 130 Å². The maximum absolute atomic E-state index is 12.6. The third-order valence-electron chi connectivity index (χ3n) is 5.15. The lowest BCUT2D eigenvalue weighted by molar-refractivity contribution is -0.120. The number of hydrogen-bond donors (Lipinski definition) is 3. The van der Waals surface area contributed by atoms with E-state index in [1.54, 1.807) is 29.5 Å². The van der Waals surface area contributed by atoms with Crippen LogP contribution in [0.5, 0.6) is 0 Å². The van der Waals surface area contributed by atoms with Gasteiger partial charge in [0.1, 0.15) is 17.0 Å². The van der Waals surface area contributed by atoms with Crippen LogP contribution >= 0.6 is 11.3 Å². The van der Waals surface area contributed by atoms with Gasteiger partial charge in [0.05, 0.1) is 29.6 Å². The van der Waals surface area contributed by atoms with Gasteiger partial charge in [-0.3, -0.25) is 14.6 Å². The molecule has 1 unspecified atom stereocenters. The Balaban J connectivity index is 1.47. The van der Waals surface area contributed by atoms with Crippen LogP contribution in [-0.2, 0) is 4.79 Å². The van der Waals surface area contributed by atoms with Gasteiger partial charge in [-0.1, -0.05) is 12.8 Å². The van der Waals surface area contributed by atoms with E-state index in [0.717, 1.165) is 36.2 Å². The van der Waals surface area contributed by atoms with Crippen LogP contribution in [0.25, 0.3) is 16.9 Å². The van der Waals surface area contributed by atoms with E-state index in [2.05, 4.69) is 35.7 Å².